The van der Waals surface area contributed by atoms with E-state index in [9.17, 15) is 4.79 Å². The molecule has 0 fully saturated rings. The molecule has 0 aliphatic heterocycles. The zero-order valence-electron chi connectivity index (χ0n) is 9.21. The van der Waals surface area contributed by atoms with E-state index in [1.54, 1.807) is 0 Å². The molecule has 0 aromatic carbocycles. The van der Waals surface area contributed by atoms with Gasteiger partial charge in [0.1, 0.15) is 0 Å². The molecule has 0 bridgehead atoms. The van der Waals surface area contributed by atoms with Gasteiger partial charge in [0.15, 0.2) is 0 Å². The molecule has 82 valence electrons. The van der Waals surface area contributed by atoms with Crippen LogP contribution in [0.25, 0.3) is 0 Å². The normalized spacial score (nSPS) is 14.3. The molecule has 1 atom stereocenters. The molecule has 0 heterocycles. The van der Waals surface area contributed by atoms with Crippen LogP contribution in [-0.2, 0) is 9.53 Å². The topological polar surface area (TPSA) is 38.7 Å². The van der Waals surface area contributed by atoms with E-state index < -0.39 is 0 Å². The average molecular weight is 220 g/mol. The van der Waals surface area contributed by atoms with Gasteiger partial charge in [-0.25, -0.2) is 0 Å². The number of ether oxygens (including phenoxy) is 1. The molecule has 4 heteroatoms. The van der Waals surface area contributed by atoms with Gasteiger partial charge in [0.25, 0.3) is 0 Å². The van der Waals surface area contributed by atoms with Crippen molar-refractivity contribution < 1.29 is 9.53 Å². The van der Waals surface area contributed by atoms with Crippen LogP contribution in [-0.4, -0.2) is 29.7 Å². The maximum absolute atomic E-state index is 10.5. The molecule has 0 radical (unpaired) electrons. The first kappa shape index (κ1) is 13.4. The van der Waals surface area contributed by atoms with E-state index >= 15 is 0 Å². The minimum Gasteiger partial charge on any atom is -0.466 e. The number of carbonyl (C=O) groups excluding carboxylic acids is 1. The Morgan fingerprint density at radius 1 is 1.43 bits per heavy atom. The van der Waals surface area contributed by atoms with Crippen molar-refractivity contribution in [2.24, 2.45) is 4.99 Å². The Morgan fingerprint density at radius 3 is 2.43 bits per heavy atom. The van der Waals surface area contributed by atoms with Gasteiger partial charge in [-0.15, -0.1) is 11.6 Å². The Bertz CT molecular complexity index is 214. The summed E-state index contributed by atoms with van der Waals surface area (Å²) in [4.78, 5) is 14.8. The minimum absolute atomic E-state index is 0.142. The van der Waals surface area contributed by atoms with Crippen LogP contribution in [0.1, 0.15) is 34.1 Å². The fourth-order valence-electron chi connectivity index (χ4n) is 1.00. The Balaban J connectivity index is 3.84. The summed E-state index contributed by atoms with van der Waals surface area (Å²) in [6.45, 7) is 7.64. The number of carbonyl (C=O) groups is 1. The third-order valence-corrected chi connectivity index (χ3v) is 2.13. The van der Waals surface area contributed by atoms with Crippen molar-refractivity contribution in [2.45, 2.75) is 45.5 Å². The molecule has 0 aliphatic carbocycles. The van der Waals surface area contributed by atoms with Gasteiger partial charge in [-0.05, 0) is 20.8 Å². The summed E-state index contributed by atoms with van der Waals surface area (Å²) in [6, 6.07) is 0.255. The van der Waals surface area contributed by atoms with Gasteiger partial charge in [-0.2, -0.15) is 0 Å². The maximum atomic E-state index is 10.5. The average Bonchev–Trinajstić information content (AvgIpc) is 2.01. The molecule has 0 aliphatic rings. The van der Waals surface area contributed by atoms with E-state index in [4.69, 9.17) is 16.3 Å². The smallest absolute Gasteiger partial charge is 0.302 e. The van der Waals surface area contributed by atoms with Crippen LogP contribution in [0.3, 0.4) is 0 Å². The monoisotopic (exact) mass is 219 g/mol. The second-order valence-electron chi connectivity index (χ2n) is 3.46. The first-order chi connectivity index (χ1) is 6.43. The van der Waals surface area contributed by atoms with Gasteiger partial charge in [0.2, 0.25) is 0 Å². The van der Waals surface area contributed by atoms with Crippen LogP contribution >= 0.6 is 11.6 Å². The molecule has 14 heavy (non-hydrogen) atoms. The Hall–Kier alpha value is -0.570. The number of aliphatic imine (C=N–C) groups is 1. The largest absolute Gasteiger partial charge is 0.466 e. The number of nitrogens with zero attached hydrogens (tertiary/aromatic N) is 1. The number of rotatable bonds is 5. The van der Waals surface area contributed by atoms with Crippen molar-refractivity contribution in [2.75, 3.05) is 6.61 Å². The molecule has 0 aromatic rings. The fourth-order valence-corrected chi connectivity index (χ4v) is 1.15. The van der Waals surface area contributed by atoms with E-state index in [1.165, 1.54) is 6.92 Å². The Labute approximate surface area is 90.5 Å². The lowest BCUT2D eigenvalue weighted by Gasteiger charge is -2.10. The number of esters is 1. The highest BCUT2D eigenvalue weighted by atomic mass is 35.5. The number of alkyl halides is 1. The second kappa shape index (κ2) is 6.82. The van der Waals surface area contributed by atoms with Crippen molar-refractivity contribution in [1.82, 2.24) is 0 Å². The summed E-state index contributed by atoms with van der Waals surface area (Å²) in [5.41, 5.74) is 0.897. The van der Waals surface area contributed by atoms with Crippen molar-refractivity contribution in [1.29, 1.82) is 0 Å². The molecule has 1 unspecified atom stereocenters. The first-order valence-electron chi connectivity index (χ1n) is 4.75. The predicted molar refractivity (Wildman–Crippen MR) is 59.1 cm³/mol. The zero-order valence-corrected chi connectivity index (χ0v) is 9.97. The van der Waals surface area contributed by atoms with E-state index in [0.29, 0.717) is 13.0 Å². The summed E-state index contributed by atoms with van der Waals surface area (Å²) < 4.78 is 4.79. The van der Waals surface area contributed by atoms with Crippen LogP contribution in [0.2, 0.25) is 0 Å². The molecule has 0 N–H and O–H groups in total. The highest BCUT2D eigenvalue weighted by Crippen LogP contribution is 2.06. The summed E-state index contributed by atoms with van der Waals surface area (Å²) in [5, 5.41) is -0.142. The van der Waals surface area contributed by atoms with E-state index in [1.807, 2.05) is 20.8 Å². The van der Waals surface area contributed by atoms with Crippen LogP contribution in [0.4, 0.5) is 0 Å². The molecule has 0 aromatic heterocycles. The molecule has 0 saturated heterocycles. The number of hydrogen-bond acceptors (Lipinski definition) is 3. The standard InChI is InChI=1S/C10H18ClNO2/c1-7(2)12-8(3)10(11)5-6-14-9(4)13/h7,10H,5-6H2,1-4H3. The van der Waals surface area contributed by atoms with E-state index in [0.717, 1.165) is 5.71 Å². The van der Waals surface area contributed by atoms with Gasteiger partial charge >= 0.3 is 5.97 Å². The zero-order chi connectivity index (χ0) is 11.1. The SMILES string of the molecule is CC(=O)OCCC(Cl)C(C)=NC(C)C. The summed E-state index contributed by atoms with van der Waals surface area (Å²) in [7, 11) is 0. The van der Waals surface area contributed by atoms with E-state index in [-0.39, 0.29) is 17.4 Å². The van der Waals surface area contributed by atoms with Gasteiger partial charge in [-0.3, -0.25) is 9.79 Å². The Kier molecular flexibility index (Phi) is 6.54. The van der Waals surface area contributed by atoms with Crippen molar-refractivity contribution in [3.8, 4) is 0 Å². The lowest BCUT2D eigenvalue weighted by Crippen LogP contribution is -2.16. The van der Waals surface area contributed by atoms with Crippen molar-refractivity contribution in [3.63, 3.8) is 0 Å². The third-order valence-electron chi connectivity index (χ3n) is 1.59. The predicted octanol–water partition coefficient (Wildman–Crippen LogP) is 2.42. The van der Waals surface area contributed by atoms with Crippen LogP contribution < -0.4 is 0 Å². The Morgan fingerprint density at radius 2 is 2.00 bits per heavy atom. The van der Waals surface area contributed by atoms with E-state index in [2.05, 4.69) is 4.99 Å². The molecule has 0 spiro atoms. The summed E-state index contributed by atoms with van der Waals surface area (Å²) in [6.07, 6.45) is 0.614. The van der Waals surface area contributed by atoms with Gasteiger partial charge in [-0.1, -0.05) is 0 Å². The van der Waals surface area contributed by atoms with Crippen LogP contribution in [0.5, 0.6) is 0 Å². The van der Waals surface area contributed by atoms with Gasteiger partial charge < -0.3 is 4.74 Å². The maximum Gasteiger partial charge on any atom is 0.302 e. The highest BCUT2D eigenvalue weighted by molar-refractivity contribution is 6.31. The highest BCUT2D eigenvalue weighted by Gasteiger charge is 2.09. The molecule has 3 nitrogen and oxygen atoms in total. The fraction of sp³-hybridized carbons (Fsp3) is 0.800. The number of hydrogen-bond donors (Lipinski definition) is 0. The molecule has 0 amide bonds. The first-order valence-corrected chi connectivity index (χ1v) is 5.19. The molecule has 0 rings (SSSR count). The summed E-state index contributed by atoms with van der Waals surface area (Å²) in [5.74, 6) is -0.271. The van der Waals surface area contributed by atoms with Crippen molar-refractivity contribution in [3.05, 3.63) is 0 Å². The lowest BCUT2D eigenvalue weighted by molar-refractivity contribution is -0.140. The second-order valence-corrected chi connectivity index (χ2v) is 3.99. The van der Waals surface area contributed by atoms with Gasteiger partial charge in [0, 0.05) is 25.1 Å². The van der Waals surface area contributed by atoms with Crippen molar-refractivity contribution >= 4 is 23.3 Å². The van der Waals surface area contributed by atoms with Crippen LogP contribution in [0.15, 0.2) is 4.99 Å². The molecular formula is C10H18ClNO2. The van der Waals surface area contributed by atoms with Gasteiger partial charge in [0.05, 0.1) is 12.0 Å². The quantitative estimate of drug-likeness (QED) is 0.405. The molecule has 0 saturated carbocycles. The molecular weight excluding hydrogens is 202 g/mol. The number of halogens is 1. The van der Waals surface area contributed by atoms with Crippen LogP contribution in [0, 0.1) is 0 Å². The third kappa shape index (κ3) is 6.89. The minimum atomic E-state index is -0.271. The summed E-state index contributed by atoms with van der Waals surface area (Å²) >= 11 is 6.04. The lowest BCUT2D eigenvalue weighted by atomic mass is 10.2.